The molecule has 0 fully saturated rings. The minimum absolute atomic E-state index is 0.149. The van der Waals surface area contributed by atoms with Gasteiger partial charge in [0, 0.05) is 16.8 Å². The van der Waals surface area contributed by atoms with Crippen LogP contribution in [0.2, 0.25) is 0 Å². The number of hydrogen-bond donors (Lipinski definition) is 1. The van der Waals surface area contributed by atoms with Gasteiger partial charge in [0.15, 0.2) is 0 Å². The molecule has 2 aromatic carbocycles. The quantitative estimate of drug-likeness (QED) is 0.594. The Morgan fingerprint density at radius 1 is 1.07 bits per heavy atom. The molecule has 1 amide bonds. The number of rotatable bonds is 4. The molecule has 0 bridgehead atoms. The van der Waals surface area contributed by atoms with Gasteiger partial charge in [0.2, 0.25) is 0 Å². The predicted molar refractivity (Wildman–Crippen MR) is 105 cm³/mol. The van der Waals surface area contributed by atoms with E-state index >= 15 is 0 Å². The van der Waals surface area contributed by atoms with Crippen LogP contribution in [0, 0.1) is 0 Å². The Morgan fingerprint density at radius 2 is 1.85 bits per heavy atom. The number of benzene rings is 2. The zero-order valence-electron chi connectivity index (χ0n) is 15.1. The van der Waals surface area contributed by atoms with Gasteiger partial charge in [0.25, 0.3) is 5.91 Å². The van der Waals surface area contributed by atoms with Crippen LogP contribution in [0.5, 0.6) is 0 Å². The summed E-state index contributed by atoms with van der Waals surface area (Å²) in [6.07, 6.45) is 3.11. The highest BCUT2D eigenvalue weighted by atomic mass is 16.1. The van der Waals surface area contributed by atoms with Crippen LogP contribution in [0.25, 0.3) is 16.6 Å². The molecular weight excluding hydrogens is 338 g/mol. The SMILES string of the molecule is CC(C)c1cc(C(=O)Nc2ccc(-n3cncn3)cc2)c2ccccc2n1. The lowest BCUT2D eigenvalue weighted by Crippen LogP contribution is -2.14. The van der Waals surface area contributed by atoms with Crippen molar-refractivity contribution in [2.75, 3.05) is 5.32 Å². The number of para-hydroxylation sites is 1. The number of hydrogen-bond acceptors (Lipinski definition) is 4. The molecule has 134 valence electrons. The van der Waals surface area contributed by atoms with E-state index in [9.17, 15) is 4.79 Å². The molecule has 0 saturated carbocycles. The standard InChI is InChI=1S/C21H19N5O/c1-14(2)20-11-18(17-5-3-4-6-19(17)25-20)21(27)24-15-7-9-16(10-8-15)26-13-22-12-23-26/h3-14H,1-2H3,(H,24,27). The number of aromatic nitrogens is 4. The van der Waals surface area contributed by atoms with Gasteiger partial charge in [-0.15, -0.1) is 0 Å². The van der Waals surface area contributed by atoms with Crippen molar-refractivity contribution >= 4 is 22.5 Å². The fourth-order valence-electron chi connectivity index (χ4n) is 2.92. The number of nitrogens with one attached hydrogen (secondary N) is 1. The normalized spacial score (nSPS) is 11.1. The Labute approximate surface area is 156 Å². The van der Waals surface area contributed by atoms with E-state index in [1.165, 1.54) is 6.33 Å². The minimum Gasteiger partial charge on any atom is -0.322 e. The molecule has 6 heteroatoms. The molecule has 0 spiro atoms. The van der Waals surface area contributed by atoms with E-state index in [1.54, 1.807) is 11.0 Å². The fourth-order valence-corrected chi connectivity index (χ4v) is 2.92. The van der Waals surface area contributed by atoms with Gasteiger partial charge in [-0.2, -0.15) is 5.10 Å². The molecule has 0 aliphatic rings. The molecule has 4 rings (SSSR count). The molecule has 2 aromatic heterocycles. The lowest BCUT2D eigenvalue weighted by molar-refractivity contribution is 0.102. The van der Waals surface area contributed by atoms with E-state index in [0.717, 1.165) is 28.0 Å². The van der Waals surface area contributed by atoms with Gasteiger partial charge in [-0.25, -0.2) is 9.67 Å². The number of carbonyl (C=O) groups is 1. The van der Waals surface area contributed by atoms with Crippen LogP contribution in [0.15, 0.2) is 67.3 Å². The second-order valence-electron chi connectivity index (χ2n) is 6.61. The van der Waals surface area contributed by atoms with Gasteiger partial charge in [-0.3, -0.25) is 9.78 Å². The van der Waals surface area contributed by atoms with E-state index < -0.39 is 0 Å². The van der Waals surface area contributed by atoms with Gasteiger partial charge < -0.3 is 5.32 Å². The Kier molecular flexibility index (Phi) is 4.38. The maximum atomic E-state index is 13.0. The van der Waals surface area contributed by atoms with Crippen LogP contribution < -0.4 is 5.32 Å². The lowest BCUT2D eigenvalue weighted by atomic mass is 10.0. The summed E-state index contributed by atoms with van der Waals surface area (Å²) in [4.78, 5) is 21.6. The molecule has 1 N–H and O–H groups in total. The fraction of sp³-hybridized carbons (Fsp3) is 0.143. The number of carbonyl (C=O) groups excluding carboxylic acids is 1. The summed E-state index contributed by atoms with van der Waals surface area (Å²) >= 11 is 0. The largest absolute Gasteiger partial charge is 0.322 e. The molecule has 0 saturated heterocycles. The molecular formula is C21H19N5O. The zero-order valence-corrected chi connectivity index (χ0v) is 15.1. The van der Waals surface area contributed by atoms with Gasteiger partial charge in [-0.1, -0.05) is 32.0 Å². The predicted octanol–water partition coefficient (Wildman–Crippen LogP) is 4.19. The van der Waals surface area contributed by atoms with E-state index in [4.69, 9.17) is 0 Å². The average molecular weight is 357 g/mol. The Morgan fingerprint density at radius 3 is 2.56 bits per heavy atom. The van der Waals surface area contributed by atoms with Crippen LogP contribution in [0.1, 0.15) is 35.8 Å². The molecule has 6 nitrogen and oxygen atoms in total. The monoisotopic (exact) mass is 357 g/mol. The highest BCUT2D eigenvalue weighted by molar-refractivity contribution is 6.12. The van der Waals surface area contributed by atoms with E-state index in [1.807, 2.05) is 54.6 Å². The molecule has 0 radical (unpaired) electrons. The summed E-state index contributed by atoms with van der Waals surface area (Å²) < 4.78 is 1.66. The average Bonchev–Trinajstić information content (AvgIpc) is 3.22. The number of anilines is 1. The van der Waals surface area contributed by atoms with Crippen molar-refractivity contribution < 1.29 is 4.79 Å². The van der Waals surface area contributed by atoms with Crippen LogP contribution in [0.3, 0.4) is 0 Å². The number of fused-ring (bicyclic) bond motifs is 1. The maximum Gasteiger partial charge on any atom is 0.256 e. The third-order valence-electron chi connectivity index (χ3n) is 4.38. The third-order valence-corrected chi connectivity index (χ3v) is 4.38. The van der Waals surface area contributed by atoms with E-state index in [2.05, 4.69) is 34.2 Å². The van der Waals surface area contributed by atoms with Crippen molar-refractivity contribution in [3.05, 3.63) is 78.5 Å². The Bertz CT molecular complexity index is 1090. The Hall–Kier alpha value is -3.54. The van der Waals surface area contributed by atoms with Crippen molar-refractivity contribution in [1.29, 1.82) is 0 Å². The van der Waals surface area contributed by atoms with Crippen molar-refractivity contribution in [3.63, 3.8) is 0 Å². The third kappa shape index (κ3) is 3.42. The van der Waals surface area contributed by atoms with Gasteiger partial charge >= 0.3 is 0 Å². The second-order valence-corrected chi connectivity index (χ2v) is 6.61. The maximum absolute atomic E-state index is 13.0. The van der Waals surface area contributed by atoms with E-state index in [0.29, 0.717) is 5.56 Å². The van der Waals surface area contributed by atoms with Crippen molar-refractivity contribution in [2.45, 2.75) is 19.8 Å². The summed E-state index contributed by atoms with van der Waals surface area (Å²) in [6.45, 7) is 4.14. The Balaban J connectivity index is 1.65. The van der Waals surface area contributed by atoms with Gasteiger partial charge in [0.1, 0.15) is 12.7 Å². The molecule has 0 unspecified atom stereocenters. The first-order valence-corrected chi connectivity index (χ1v) is 8.78. The van der Waals surface area contributed by atoms with Crippen LogP contribution in [-0.4, -0.2) is 25.7 Å². The molecule has 2 heterocycles. The summed E-state index contributed by atoms with van der Waals surface area (Å²) in [5, 5.41) is 7.92. The van der Waals surface area contributed by atoms with Crippen LogP contribution in [0.4, 0.5) is 5.69 Å². The highest BCUT2D eigenvalue weighted by Gasteiger charge is 2.14. The lowest BCUT2D eigenvalue weighted by Gasteiger charge is -2.12. The molecule has 0 aliphatic carbocycles. The number of amides is 1. The minimum atomic E-state index is -0.149. The van der Waals surface area contributed by atoms with Gasteiger partial charge in [-0.05, 0) is 42.3 Å². The first-order chi connectivity index (χ1) is 13.1. The summed E-state index contributed by atoms with van der Waals surface area (Å²) in [5.74, 6) is 0.0899. The summed E-state index contributed by atoms with van der Waals surface area (Å²) in [7, 11) is 0. The number of pyridine rings is 1. The van der Waals surface area contributed by atoms with Crippen LogP contribution >= 0.6 is 0 Å². The summed E-state index contributed by atoms with van der Waals surface area (Å²) in [6, 6.07) is 17.1. The number of nitrogens with zero attached hydrogens (tertiary/aromatic N) is 4. The highest BCUT2D eigenvalue weighted by Crippen LogP contribution is 2.23. The second kappa shape index (κ2) is 6.99. The first-order valence-electron chi connectivity index (χ1n) is 8.78. The van der Waals surface area contributed by atoms with Crippen LogP contribution in [-0.2, 0) is 0 Å². The van der Waals surface area contributed by atoms with Gasteiger partial charge in [0.05, 0.1) is 16.8 Å². The summed E-state index contributed by atoms with van der Waals surface area (Å²) in [5.41, 5.74) is 3.96. The zero-order chi connectivity index (χ0) is 18.8. The van der Waals surface area contributed by atoms with Crippen molar-refractivity contribution in [3.8, 4) is 5.69 Å². The van der Waals surface area contributed by atoms with Crippen molar-refractivity contribution in [2.24, 2.45) is 0 Å². The molecule has 0 atom stereocenters. The topological polar surface area (TPSA) is 72.7 Å². The molecule has 0 aliphatic heterocycles. The van der Waals surface area contributed by atoms with Crippen molar-refractivity contribution in [1.82, 2.24) is 19.7 Å². The van der Waals surface area contributed by atoms with E-state index in [-0.39, 0.29) is 11.8 Å². The molecule has 27 heavy (non-hydrogen) atoms. The smallest absolute Gasteiger partial charge is 0.256 e. The molecule has 4 aromatic rings. The first kappa shape index (κ1) is 16.9.